The van der Waals surface area contributed by atoms with Crippen molar-refractivity contribution in [3.05, 3.63) is 54.1 Å². The normalized spacial score (nSPS) is 12.1. The van der Waals surface area contributed by atoms with Crippen molar-refractivity contribution in [1.29, 1.82) is 0 Å². The Morgan fingerprint density at radius 1 is 0.972 bits per heavy atom. The van der Waals surface area contributed by atoms with Crippen LogP contribution in [0.2, 0.25) is 0 Å². The zero-order valence-corrected chi connectivity index (χ0v) is 22.7. The number of benzene rings is 2. The first-order chi connectivity index (χ1) is 17.0. The van der Waals surface area contributed by atoms with Crippen LogP contribution >= 0.6 is 0 Å². The molecule has 0 spiro atoms. The maximum absolute atomic E-state index is 13.3. The molecule has 2 rings (SSSR count). The van der Waals surface area contributed by atoms with Gasteiger partial charge >= 0.3 is 0 Å². The third-order valence-corrected chi connectivity index (χ3v) is 6.80. The van der Waals surface area contributed by atoms with Gasteiger partial charge in [0.2, 0.25) is 21.8 Å². The minimum absolute atomic E-state index is 0.0661. The van der Waals surface area contributed by atoms with Gasteiger partial charge in [-0.2, -0.15) is 0 Å². The van der Waals surface area contributed by atoms with Crippen LogP contribution < -0.4 is 19.1 Å². The van der Waals surface area contributed by atoms with E-state index in [4.69, 9.17) is 9.47 Å². The minimum Gasteiger partial charge on any atom is -0.497 e. The maximum Gasteiger partial charge on any atom is 0.242 e. The summed E-state index contributed by atoms with van der Waals surface area (Å²) in [5, 5.41) is 2.86. The first-order valence-corrected chi connectivity index (χ1v) is 13.7. The number of nitrogens with one attached hydrogen (secondary N) is 1. The van der Waals surface area contributed by atoms with Crippen LogP contribution in [0, 0.1) is 0 Å². The minimum atomic E-state index is -3.61. The van der Waals surface area contributed by atoms with Gasteiger partial charge in [-0.15, -0.1) is 0 Å². The molecule has 0 unspecified atom stereocenters. The molecule has 0 fully saturated rings. The van der Waals surface area contributed by atoms with E-state index in [2.05, 4.69) is 5.32 Å². The molecule has 0 aliphatic rings. The number of methoxy groups -OCH3 is 2. The monoisotopic (exact) mass is 519 g/mol. The first-order valence-electron chi connectivity index (χ1n) is 11.8. The number of carbonyl (C=O) groups is 2. The molecule has 2 aromatic carbocycles. The largest absolute Gasteiger partial charge is 0.497 e. The first kappa shape index (κ1) is 29.0. The molecule has 9 nitrogen and oxygen atoms in total. The number of ether oxygens (including phenoxy) is 2. The zero-order chi connectivity index (χ0) is 26.9. The third kappa shape index (κ3) is 8.15. The van der Waals surface area contributed by atoms with E-state index < -0.39 is 16.1 Å². The Hall–Kier alpha value is -3.27. The lowest BCUT2D eigenvalue weighted by Gasteiger charge is -2.30. The van der Waals surface area contributed by atoms with Gasteiger partial charge in [-0.1, -0.05) is 24.3 Å². The standard InChI is InChI=1S/C26H37N3O6S/c1-19(2)27-26(31)20(3)28(18-21-13-15-22(34-4)16-14-21)25(30)12-9-17-29(36(6,32)33)23-10-7-8-11-24(23)35-5/h7-8,10-11,13-16,19-20H,9,12,17-18H2,1-6H3,(H,27,31)/t20-/m0/s1. The molecule has 0 radical (unpaired) electrons. The van der Waals surface area contributed by atoms with E-state index in [1.165, 1.54) is 16.3 Å². The number of hydrogen-bond donors (Lipinski definition) is 1. The topological polar surface area (TPSA) is 105 Å². The van der Waals surface area contributed by atoms with E-state index in [1.54, 1.807) is 50.4 Å². The Morgan fingerprint density at radius 3 is 2.17 bits per heavy atom. The van der Waals surface area contributed by atoms with Gasteiger partial charge in [0.15, 0.2) is 0 Å². The number of nitrogens with zero attached hydrogens (tertiary/aromatic N) is 2. The molecule has 0 aliphatic heterocycles. The quantitative estimate of drug-likeness (QED) is 0.436. The Labute approximate surface area is 214 Å². The molecule has 1 N–H and O–H groups in total. The van der Waals surface area contributed by atoms with Gasteiger partial charge in [-0.25, -0.2) is 8.42 Å². The van der Waals surface area contributed by atoms with Crippen LogP contribution in [0.4, 0.5) is 5.69 Å². The average molecular weight is 520 g/mol. The zero-order valence-electron chi connectivity index (χ0n) is 21.9. The molecule has 0 saturated heterocycles. The molecular weight excluding hydrogens is 482 g/mol. The van der Waals surface area contributed by atoms with E-state index in [0.29, 0.717) is 17.2 Å². The highest BCUT2D eigenvalue weighted by Gasteiger charge is 2.27. The molecule has 0 saturated carbocycles. The van der Waals surface area contributed by atoms with Crippen LogP contribution in [0.5, 0.6) is 11.5 Å². The molecule has 0 heterocycles. The van der Waals surface area contributed by atoms with Crippen molar-refractivity contribution in [1.82, 2.24) is 10.2 Å². The van der Waals surface area contributed by atoms with Crippen molar-refractivity contribution in [3.63, 3.8) is 0 Å². The number of amides is 2. The van der Waals surface area contributed by atoms with Crippen LogP contribution in [-0.4, -0.2) is 64.2 Å². The second-order valence-corrected chi connectivity index (χ2v) is 10.7. The fourth-order valence-electron chi connectivity index (χ4n) is 3.73. The summed E-state index contributed by atoms with van der Waals surface area (Å²) in [6.45, 7) is 5.73. The highest BCUT2D eigenvalue weighted by atomic mass is 32.2. The van der Waals surface area contributed by atoms with Gasteiger partial charge < -0.3 is 19.7 Å². The lowest BCUT2D eigenvalue weighted by molar-refractivity contribution is -0.140. The summed E-state index contributed by atoms with van der Waals surface area (Å²) < 4.78 is 36.8. The van der Waals surface area contributed by atoms with Crippen LogP contribution in [0.3, 0.4) is 0 Å². The SMILES string of the molecule is COc1ccc(CN(C(=O)CCCN(c2ccccc2OC)S(C)(=O)=O)[C@@H](C)C(=O)NC(C)C)cc1. The van der Waals surface area contributed by atoms with E-state index in [-0.39, 0.29) is 43.8 Å². The Kier molecular flexibility index (Phi) is 10.6. The molecule has 0 aromatic heterocycles. The van der Waals surface area contributed by atoms with E-state index >= 15 is 0 Å². The summed E-state index contributed by atoms with van der Waals surface area (Å²) in [5.41, 5.74) is 1.26. The Morgan fingerprint density at radius 2 is 1.61 bits per heavy atom. The van der Waals surface area contributed by atoms with Crippen LogP contribution in [0.1, 0.15) is 39.2 Å². The van der Waals surface area contributed by atoms with E-state index in [0.717, 1.165) is 11.8 Å². The lowest BCUT2D eigenvalue weighted by atomic mass is 10.1. The summed E-state index contributed by atoms with van der Waals surface area (Å²) in [6, 6.07) is 13.4. The van der Waals surface area contributed by atoms with E-state index in [9.17, 15) is 18.0 Å². The van der Waals surface area contributed by atoms with Crippen LogP contribution in [0.25, 0.3) is 0 Å². The van der Waals surface area contributed by atoms with Crippen molar-refractivity contribution in [2.24, 2.45) is 0 Å². The van der Waals surface area contributed by atoms with Crippen LogP contribution in [-0.2, 0) is 26.2 Å². The molecular formula is C26H37N3O6S. The third-order valence-electron chi connectivity index (χ3n) is 5.62. The predicted molar refractivity (Wildman–Crippen MR) is 141 cm³/mol. The number of sulfonamides is 1. The Bertz CT molecular complexity index is 1120. The van der Waals surface area contributed by atoms with Gasteiger partial charge in [-0.05, 0) is 57.0 Å². The van der Waals surface area contributed by atoms with Gasteiger partial charge in [-0.3, -0.25) is 13.9 Å². The molecule has 2 amide bonds. The second-order valence-electron chi connectivity index (χ2n) is 8.82. The number of carbonyl (C=O) groups excluding carboxylic acids is 2. The number of para-hydroxylation sites is 2. The molecule has 0 aliphatic carbocycles. The summed E-state index contributed by atoms with van der Waals surface area (Å²) in [5.74, 6) is 0.623. The van der Waals surface area contributed by atoms with Crippen molar-refractivity contribution in [3.8, 4) is 11.5 Å². The van der Waals surface area contributed by atoms with Gasteiger partial charge in [0.25, 0.3) is 0 Å². The average Bonchev–Trinajstić information content (AvgIpc) is 2.83. The molecule has 2 aromatic rings. The van der Waals surface area contributed by atoms with Crippen molar-refractivity contribution >= 4 is 27.5 Å². The van der Waals surface area contributed by atoms with Crippen molar-refractivity contribution in [2.45, 2.75) is 52.2 Å². The number of anilines is 1. The number of hydrogen-bond acceptors (Lipinski definition) is 6. The fraction of sp³-hybridized carbons (Fsp3) is 0.462. The summed E-state index contributed by atoms with van der Waals surface area (Å²) in [6.07, 6.45) is 1.45. The van der Waals surface area contributed by atoms with Gasteiger partial charge in [0.1, 0.15) is 17.5 Å². The number of rotatable bonds is 13. The highest BCUT2D eigenvalue weighted by Crippen LogP contribution is 2.29. The smallest absolute Gasteiger partial charge is 0.242 e. The molecule has 10 heteroatoms. The summed E-state index contributed by atoms with van der Waals surface area (Å²) in [7, 11) is -0.562. The van der Waals surface area contributed by atoms with Gasteiger partial charge in [0, 0.05) is 25.6 Å². The van der Waals surface area contributed by atoms with E-state index in [1.807, 2.05) is 26.0 Å². The predicted octanol–water partition coefficient (Wildman–Crippen LogP) is 3.19. The lowest BCUT2D eigenvalue weighted by Crippen LogP contribution is -2.49. The maximum atomic E-state index is 13.3. The molecule has 198 valence electrons. The highest BCUT2D eigenvalue weighted by molar-refractivity contribution is 7.92. The van der Waals surface area contributed by atoms with Crippen LogP contribution in [0.15, 0.2) is 48.5 Å². The summed E-state index contributed by atoms with van der Waals surface area (Å²) >= 11 is 0. The van der Waals surface area contributed by atoms with Crippen molar-refractivity contribution in [2.75, 3.05) is 31.3 Å². The summed E-state index contributed by atoms with van der Waals surface area (Å²) in [4.78, 5) is 27.6. The Balaban J connectivity index is 2.20. The van der Waals surface area contributed by atoms with Crippen molar-refractivity contribution < 1.29 is 27.5 Å². The fourth-order valence-corrected chi connectivity index (χ4v) is 4.70. The van der Waals surface area contributed by atoms with Gasteiger partial charge in [0.05, 0.1) is 26.2 Å². The molecule has 0 bridgehead atoms. The second kappa shape index (κ2) is 13.2. The molecule has 36 heavy (non-hydrogen) atoms. The molecule has 1 atom stereocenters.